The minimum absolute atomic E-state index is 0.0261. The van der Waals surface area contributed by atoms with Crippen LogP contribution in [0.25, 0.3) is 0 Å². The molecule has 0 aromatic heterocycles. The van der Waals surface area contributed by atoms with E-state index in [0.29, 0.717) is 29.9 Å². The van der Waals surface area contributed by atoms with Gasteiger partial charge in [0, 0.05) is 29.8 Å². The average Bonchev–Trinajstić information content (AvgIpc) is 3.06. The third-order valence-corrected chi connectivity index (χ3v) is 7.45. The van der Waals surface area contributed by atoms with Crippen LogP contribution in [0.5, 0.6) is 11.5 Å². The number of ether oxygens (including phenoxy) is 2. The summed E-state index contributed by atoms with van der Waals surface area (Å²) < 4.78 is 24.7. The van der Waals surface area contributed by atoms with E-state index in [9.17, 15) is 14.0 Å². The zero-order chi connectivity index (χ0) is 28.4. The van der Waals surface area contributed by atoms with Gasteiger partial charge in [-0.05, 0) is 59.9 Å². The molecule has 3 aromatic carbocycles. The van der Waals surface area contributed by atoms with E-state index < -0.39 is 6.04 Å². The van der Waals surface area contributed by atoms with E-state index in [4.69, 9.17) is 9.47 Å². The molecule has 3 aromatic rings. The number of halogens is 1. The highest BCUT2D eigenvalue weighted by molar-refractivity contribution is 6.02. The maximum Gasteiger partial charge on any atom is 0.239 e. The SMILES string of the molecule is COc1ccc(OC)c(C2C3=C(CC(C)(C)CC3=O)Nc3ccccc3N2CC(=O)NCc2ccc(F)cc2)c1. The molecule has 8 heteroatoms. The van der Waals surface area contributed by atoms with Gasteiger partial charge in [0.15, 0.2) is 5.78 Å². The minimum Gasteiger partial charge on any atom is -0.497 e. The number of fused-ring (bicyclic) bond motifs is 1. The highest BCUT2D eigenvalue weighted by atomic mass is 19.1. The molecule has 2 aliphatic rings. The Labute approximate surface area is 234 Å². The summed E-state index contributed by atoms with van der Waals surface area (Å²) in [7, 11) is 3.18. The number of hydrogen-bond acceptors (Lipinski definition) is 6. The summed E-state index contributed by atoms with van der Waals surface area (Å²) in [6.45, 7) is 4.41. The second-order valence-electron chi connectivity index (χ2n) is 11.0. The second-order valence-corrected chi connectivity index (χ2v) is 11.0. The van der Waals surface area contributed by atoms with E-state index in [0.717, 1.165) is 28.2 Å². The molecule has 7 nitrogen and oxygen atoms in total. The van der Waals surface area contributed by atoms with Gasteiger partial charge < -0.3 is 25.0 Å². The van der Waals surface area contributed by atoms with Gasteiger partial charge in [0.25, 0.3) is 0 Å². The van der Waals surface area contributed by atoms with Crippen molar-refractivity contribution < 1.29 is 23.5 Å². The lowest BCUT2D eigenvalue weighted by Gasteiger charge is -2.38. The monoisotopic (exact) mass is 543 g/mol. The van der Waals surface area contributed by atoms with Crippen LogP contribution in [-0.2, 0) is 16.1 Å². The van der Waals surface area contributed by atoms with Crippen LogP contribution in [0.15, 0.2) is 78.0 Å². The van der Waals surface area contributed by atoms with Crippen molar-refractivity contribution in [3.8, 4) is 11.5 Å². The standard InChI is InChI=1S/C32H34FN3O4/c1-32(2)16-25-30(27(37)17-32)31(23-15-22(39-3)13-14-28(23)40-4)36(26-8-6-5-7-24(26)35-25)19-29(38)34-18-20-9-11-21(33)12-10-20/h5-15,31,35H,16-19H2,1-4H3,(H,34,38). The normalized spacial score (nSPS) is 17.8. The highest BCUT2D eigenvalue weighted by Gasteiger charge is 2.43. The van der Waals surface area contributed by atoms with Gasteiger partial charge in [-0.2, -0.15) is 0 Å². The first-order valence-electron chi connectivity index (χ1n) is 13.3. The van der Waals surface area contributed by atoms with E-state index in [1.54, 1.807) is 26.4 Å². The molecule has 1 aliphatic heterocycles. The number of nitrogens with zero attached hydrogens (tertiary/aromatic N) is 1. The van der Waals surface area contributed by atoms with E-state index >= 15 is 0 Å². The van der Waals surface area contributed by atoms with E-state index in [1.165, 1.54) is 12.1 Å². The Balaban J connectivity index is 1.62. The van der Waals surface area contributed by atoms with Gasteiger partial charge >= 0.3 is 0 Å². The number of rotatable bonds is 7. The summed E-state index contributed by atoms with van der Waals surface area (Å²) in [6.07, 6.45) is 1.06. The maximum atomic E-state index is 13.9. The number of carbonyl (C=O) groups is 2. The molecular weight excluding hydrogens is 509 g/mol. The van der Waals surface area contributed by atoms with E-state index in [-0.39, 0.29) is 36.0 Å². The number of nitrogens with one attached hydrogen (secondary N) is 2. The first kappa shape index (κ1) is 27.2. The maximum absolute atomic E-state index is 13.9. The minimum atomic E-state index is -0.614. The smallest absolute Gasteiger partial charge is 0.239 e. The van der Waals surface area contributed by atoms with Crippen molar-refractivity contribution in [3.05, 3.63) is 94.9 Å². The number of allylic oxidation sites excluding steroid dienone is 1. The Morgan fingerprint density at radius 1 is 1.05 bits per heavy atom. The van der Waals surface area contributed by atoms with Crippen molar-refractivity contribution in [2.75, 3.05) is 31.0 Å². The van der Waals surface area contributed by atoms with Gasteiger partial charge in [0.2, 0.25) is 5.91 Å². The number of carbonyl (C=O) groups excluding carboxylic acids is 2. The molecule has 0 bridgehead atoms. The molecule has 0 saturated carbocycles. The fourth-order valence-electron chi connectivity index (χ4n) is 5.62. The molecule has 1 atom stereocenters. The van der Waals surface area contributed by atoms with Crippen LogP contribution < -0.4 is 25.0 Å². The van der Waals surface area contributed by atoms with Crippen LogP contribution in [-0.4, -0.2) is 32.5 Å². The molecule has 0 spiro atoms. The first-order chi connectivity index (χ1) is 19.2. The Morgan fingerprint density at radius 3 is 2.52 bits per heavy atom. The molecular formula is C32H34FN3O4. The van der Waals surface area contributed by atoms with E-state index in [1.807, 2.05) is 47.4 Å². The first-order valence-corrected chi connectivity index (χ1v) is 13.3. The Bertz CT molecular complexity index is 1470. The van der Waals surface area contributed by atoms with Gasteiger partial charge in [0.1, 0.15) is 17.3 Å². The topological polar surface area (TPSA) is 79.9 Å². The third-order valence-electron chi connectivity index (χ3n) is 7.45. The van der Waals surface area contributed by atoms with Crippen molar-refractivity contribution >= 4 is 23.1 Å². The molecule has 0 radical (unpaired) electrons. The fourth-order valence-corrected chi connectivity index (χ4v) is 5.62. The lowest BCUT2D eigenvalue weighted by molar-refractivity contribution is -0.121. The van der Waals surface area contributed by atoms with Crippen LogP contribution in [0.3, 0.4) is 0 Å². The molecule has 1 amide bonds. The van der Waals surface area contributed by atoms with Gasteiger partial charge in [-0.1, -0.05) is 38.1 Å². The highest BCUT2D eigenvalue weighted by Crippen LogP contribution is 2.50. The van der Waals surface area contributed by atoms with Crippen molar-refractivity contribution in [3.63, 3.8) is 0 Å². The average molecular weight is 544 g/mol. The number of para-hydroxylation sites is 2. The summed E-state index contributed by atoms with van der Waals surface area (Å²) in [4.78, 5) is 29.4. The third kappa shape index (κ3) is 5.52. The molecule has 1 aliphatic carbocycles. The largest absolute Gasteiger partial charge is 0.497 e. The van der Waals surface area contributed by atoms with Crippen LogP contribution in [0.4, 0.5) is 15.8 Å². The predicted octanol–water partition coefficient (Wildman–Crippen LogP) is 5.78. The van der Waals surface area contributed by atoms with Crippen molar-refractivity contribution in [2.24, 2.45) is 5.41 Å². The fraction of sp³-hybridized carbons (Fsp3) is 0.312. The number of benzene rings is 3. The molecule has 0 saturated heterocycles. The summed E-state index contributed by atoms with van der Waals surface area (Å²) >= 11 is 0. The Hall–Kier alpha value is -4.33. The Morgan fingerprint density at radius 2 is 1.80 bits per heavy atom. The molecule has 2 N–H and O–H groups in total. The van der Waals surface area contributed by atoms with Crippen LogP contribution in [0.2, 0.25) is 0 Å². The summed E-state index contributed by atoms with van der Waals surface area (Å²) in [5, 5.41) is 6.51. The van der Waals surface area contributed by atoms with Gasteiger partial charge in [-0.15, -0.1) is 0 Å². The lowest BCUT2D eigenvalue weighted by Crippen LogP contribution is -2.42. The predicted molar refractivity (Wildman–Crippen MR) is 153 cm³/mol. The zero-order valence-electron chi connectivity index (χ0n) is 23.2. The number of hydrogen-bond donors (Lipinski definition) is 2. The lowest BCUT2D eigenvalue weighted by atomic mass is 9.73. The zero-order valence-corrected chi connectivity index (χ0v) is 23.2. The van der Waals surface area contributed by atoms with Gasteiger partial charge in [-0.3, -0.25) is 9.59 Å². The number of ketones is 1. The second kappa shape index (κ2) is 11.0. The summed E-state index contributed by atoms with van der Waals surface area (Å²) in [5.74, 6) is 0.666. The molecule has 1 heterocycles. The van der Waals surface area contributed by atoms with Crippen LogP contribution >= 0.6 is 0 Å². The number of Topliss-reactive ketones (excluding diaryl/α,β-unsaturated/α-hetero) is 1. The van der Waals surface area contributed by atoms with Gasteiger partial charge in [-0.25, -0.2) is 4.39 Å². The summed E-state index contributed by atoms with van der Waals surface area (Å²) in [6, 6.07) is 18.7. The van der Waals surface area contributed by atoms with E-state index in [2.05, 4.69) is 24.5 Å². The molecule has 1 unspecified atom stereocenters. The van der Waals surface area contributed by atoms with Crippen LogP contribution in [0.1, 0.15) is 43.9 Å². The molecule has 0 fully saturated rings. The number of anilines is 2. The van der Waals surface area contributed by atoms with Crippen molar-refractivity contribution in [2.45, 2.75) is 39.3 Å². The molecule has 208 valence electrons. The molecule has 40 heavy (non-hydrogen) atoms. The van der Waals surface area contributed by atoms with Crippen molar-refractivity contribution in [1.82, 2.24) is 5.32 Å². The number of methoxy groups -OCH3 is 2. The van der Waals surface area contributed by atoms with Gasteiger partial charge in [0.05, 0.1) is 38.2 Å². The van der Waals surface area contributed by atoms with Crippen LogP contribution in [0, 0.1) is 11.2 Å². The molecule has 5 rings (SSSR count). The van der Waals surface area contributed by atoms with Crippen molar-refractivity contribution in [1.29, 1.82) is 0 Å². The Kier molecular flexibility index (Phi) is 7.52. The number of amides is 1. The quantitative estimate of drug-likeness (QED) is 0.394. The summed E-state index contributed by atoms with van der Waals surface area (Å²) in [5.41, 5.74) is 4.36.